The molecule has 0 bridgehead atoms. The zero-order valence-corrected chi connectivity index (χ0v) is 12.0. The van der Waals surface area contributed by atoms with Gasteiger partial charge >= 0.3 is 0 Å². The van der Waals surface area contributed by atoms with E-state index in [2.05, 4.69) is 9.68 Å². The molecular weight excluding hydrogens is 324 g/mol. The molecule has 6 nitrogen and oxygen atoms in total. The number of hydrogen-bond acceptors (Lipinski definition) is 5. The standard InChI is InChI=1S/C13H12F4N2O4/c1-21-13(22-2)5-3-6-10(12(20)18-4-7(14)15)19-23-11(6)9(17)8(5)16/h3,7,13H,4H2,1-2H3,(H,18,20). The highest BCUT2D eigenvalue weighted by atomic mass is 19.3. The molecule has 126 valence electrons. The molecule has 0 unspecified atom stereocenters. The maximum Gasteiger partial charge on any atom is 0.274 e. The van der Waals surface area contributed by atoms with E-state index in [1.165, 1.54) is 14.2 Å². The first-order valence-corrected chi connectivity index (χ1v) is 6.29. The van der Waals surface area contributed by atoms with E-state index < -0.39 is 48.1 Å². The number of carbonyl (C=O) groups is 1. The Bertz CT molecular complexity index is 716. The molecule has 2 aromatic rings. The summed E-state index contributed by atoms with van der Waals surface area (Å²) in [5.41, 5.74) is -1.39. The summed E-state index contributed by atoms with van der Waals surface area (Å²) in [5.74, 6) is -3.69. The van der Waals surface area contributed by atoms with Crippen LogP contribution < -0.4 is 5.32 Å². The van der Waals surface area contributed by atoms with E-state index in [0.29, 0.717) is 0 Å². The van der Waals surface area contributed by atoms with Crippen LogP contribution in [0, 0.1) is 11.6 Å². The van der Waals surface area contributed by atoms with Gasteiger partial charge in [0.25, 0.3) is 12.3 Å². The van der Waals surface area contributed by atoms with Crippen molar-refractivity contribution in [2.75, 3.05) is 20.8 Å². The number of fused-ring (bicyclic) bond motifs is 1. The summed E-state index contributed by atoms with van der Waals surface area (Å²) in [7, 11) is 2.42. The fourth-order valence-corrected chi connectivity index (χ4v) is 1.97. The minimum Gasteiger partial charge on any atom is -0.352 e. The second-order valence-corrected chi connectivity index (χ2v) is 4.41. The summed E-state index contributed by atoms with van der Waals surface area (Å²) < 4.78 is 66.6. The quantitative estimate of drug-likeness (QED) is 0.648. The van der Waals surface area contributed by atoms with E-state index in [9.17, 15) is 22.4 Å². The maximum atomic E-state index is 14.0. The highest BCUT2D eigenvalue weighted by Gasteiger charge is 2.27. The number of methoxy groups -OCH3 is 2. The highest BCUT2D eigenvalue weighted by molar-refractivity contribution is 6.04. The first kappa shape index (κ1) is 17.2. The Morgan fingerprint density at radius 1 is 1.30 bits per heavy atom. The molecule has 2 rings (SSSR count). The van der Waals surface area contributed by atoms with E-state index in [4.69, 9.17) is 9.47 Å². The van der Waals surface area contributed by atoms with E-state index in [0.717, 1.165) is 6.07 Å². The van der Waals surface area contributed by atoms with Crippen LogP contribution >= 0.6 is 0 Å². The van der Waals surface area contributed by atoms with Crippen LogP contribution in [0.2, 0.25) is 0 Å². The second-order valence-electron chi connectivity index (χ2n) is 4.41. The van der Waals surface area contributed by atoms with Crippen LogP contribution in [0.3, 0.4) is 0 Å². The summed E-state index contributed by atoms with van der Waals surface area (Å²) >= 11 is 0. The summed E-state index contributed by atoms with van der Waals surface area (Å²) in [6.07, 6.45) is -4.01. The molecule has 0 aliphatic heterocycles. The maximum absolute atomic E-state index is 14.0. The normalized spacial score (nSPS) is 11.7. The molecule has 1 heterocycles. The smallest absolute Gasteiger partial charge is 0.274 e. The van der Waals surface area contributed by atoms with Gasteiger partial charge in [-0.15, -0.1) is 0 Å². The van der Waals surface area contributed by atoms with Gasteiger partial charge in [0.1, 0.15) is 0 Å². The number of benzene rings is 1. The molecule has 0 radical (unpaired) electrons. The predicted molar refractivity (Wildman–Crippen MR) is 69.0 cm³/mol. The monoisotopic (exact) mass is 336 g/mol. The third-order valence-corrected chi connectivity index (χ3v) is 2.99. The first-order valence-electron chi connectivity index (χ1n) is 6.29. The molecule has 23 heavy (non-hydrogen) atoms. The van der Waals surface area contributed by atoms with Crippen LogP contribution in [-0.4, -0.2) is 38.3 Å². The predicted octanol–water partition coefficient (Wildman–Crippen LogP) is 2.39. The Morgan fingerprint density at radius 2 is 1.96 bits per heavy atom. The Balaban J connectivity index is 2.51. The summed E-state index contributed by atoms with van der Waals surface area (Å²) in [5, 5.41) is 5.01. The number of rotatable bonds is 6. The Morgan fingerprint density at radius 3 is 2.52 bits per heavy atom. The molecule has 0 spiro atoms. The van der Waals surface area contributed by atoms with E-state index >= 15 is 0 Å². The molecule has 1 N–H and O–H groups in total. The lowest BCUT2D eigenvalue weighted by atomic mass is 10.1. The molecular formula is C13H12F4N2O4. The van der Waals surface area contributed by atoms with Crippen molar-refractivity contribution in [1.29, 1.82) is 0 Å². The number of aromatic nitrogens is 1. The number of nitrogens with one attached hydrogen (secondary N) is 1. The molecule has 0 saturated heterocycles. The largest absolute Gasteiger partial charge is 0.352 e. The molecule has 0 aliphatic carbocycles. The van der Waals surface area contributed by atoms with Crippen LogP contribution in [0.1, 0.15) is 22.3 Å². The van der Waals surface area contributed by atoms with Crippen LogP contribution in [0.15, 0.2) is 10.6 Å². The number of nitrogens with zero attached hydrogens (tertiary/aromatic N) is 1. The molecule has 1 amide bonds. The Hall–Kier alpha value is -2.20. The van der Waals surface area contributed by atoms with Crippen LogP contribution in [0.4, 0.5) is 17.6 Å². The zero-order valence-electron chi connectivity index (χ0n) is 12.0. The molecule has 0 fully saturated rings. The van der Waals surface area contributed by atoms with Crippen LogP contribution in [0.5, 0.6) is 0 Å². The van der Waals surface area contributed by atoms with E-state index in [1.807, 2.05) is 5.32 Å². The number of amides is 1. The van der Waals surface area contributed by atoms with E-state index in [-0.39, 0.29) is 10.9 Å². The third kappa shape index (κ3) is 3.27. The number of halogens is 4. The minimum atomic E-state index is -2.77. The van der Waals surface area contributed by atoms with Gasteiger partial charge in [0.05, 0.1) is 11.9 Å². The fourth-order valence-electron chi connectivity index (χ4n) is 1.97. The summed E-state index contributed by atoms with van der Waals surface area (Å²) in [6, 6.07) is 1.05. The van der Waals surface area contributed by atoms with Crippen molar-refractivity contribution in [3.63, 3.8) is 0 Å². The average Bonchev–Trinajstić information content (AvgIpc) is 2.94. The van der Waals surface area contributed by atoms with Gasteiger partial charge in [-0.2, -0.15) is 4.39 Å². The summed E-state index contributed by atoms with van der Waals surface area (Å²) in [4.78, 5) is 11.8. The van der Waals surface area contributed by atoms with Crippen LogP contribution in [-0.2, 0) is 9.47 Å². The summed E-state index contributed by atoms with van der Waals surface area (Å²) in [6.45, 7) is -0.914. The fraction of sp³-hybridized carbons (Fsp3) is 0.385. The second kappa shape index (κ2) is 6.92. The third-order valence-electron chi connectivity index (χ3n) is 2.99. The lowest BCUT2D eigenvalue weighted by molar-refractivity contribution is -0.108. The van der Waals surface area contributed by atoms with Crippen molar-refractivity contribution in [1.82, 2.24) is 10.5 Å². The molecule has 1 aromatic heterocycles. The SMILES string of the molecule is COC(OC)c1cc2c(C(=O)NCC(F)F)noc2c(F)c1F. The molecule has 1 aromatic carbocycles. The van der Waals surface area contributed by atoms with Crippen molar-refractivity contribution in [3.8, 4) is 0 Å². The van der Waals surface area contributed by atoms with Crippen molar-refractivity contribution in [2.45, 2.75) is 12.7 Å². The highest BCUT2D eigenvalue weighted by Crippen LogP contribution is 2.31. The lowest BCUT2D eigenvalue weighted by Gasteiger charge is -2.14. The minimum absolute atomic E-state index is 0.190. The Labute approximate surface area is 127 Å². The van der Waals surface area contributed by atoms with Crippen molar-refractivity contribution < 1.29 is 36.4 Å². The van der Waals surface area contributed by atoms with Gasteiger partial charge in [0.2, 0.25) is 11.4 Å². The van der Waals surface area contributed by atoms with Crippen LogP contribution in [0.25, 0.3) is 11.0 Å². The van der Waals surface area contributed by atoms with Gasteiger partial charge in [-0.1, -0.05) is 5.16 Å². The van der Waals surface area contributed by atoms with E-state index in [1.54, 1.807) is 0 Å². The van der Waals surface area contributed by atoms with Gasteiger partial charge in [-0.05, 0) is 6.07 Å². The molecule has 0 atom stereocenters. The Kier molecular flexibility index (Phi) is 5.16. The first-order chi connectivity index (χ1) is 10.9. The lowest BCUT2D eigenvalue weighted by Crippen LogP contribution is -2.28. The number of hydrogen-bond donors (Lipinski definition) is 1. The van der Waals surface area contributed by atoms with Gasteiger partial charge in [-0.25, -0.2) is 13.2 Å². The number of carbonyl (C=O) groups excluding carboxylic acids is 1. The van der Waals surface area contributed by atoms with Gasteiger partial charge in [0.15, 0.2) is 17.8 Å². The van der Waals surface area contributed by atoms with Gasteiger partial charge < -0.3 is 19.3 Å². The number of alkyl halides is 2. The van der Waals surface area contributed by atoms with Crippen molar-refractivity contribution in [3.05, 3.63) is 29.0 Å². The van der Waals surface area contributed by atoms with Gasteiger partial charge in [0, 0.05) is 19.8 Å². The zero-order chi connectivity index (χ0) is 17.1. The van der Waals surface area contributed by atoms with Gasteiger partial charge in [-0.3, -0.25) is 4.79 Å². The average molecular weight is 336 g/mol. The molecule has 10 heteroatoms. The van der Waals surface area contributed by atoms with Crippen molar-refractivity contribution in [2.24, 2.45) is 0 Å². The molecule has 0 aliphatic rings. The molecule has 0 saturated carbocycles. The van der Waals surface area contributed by atoms with Crippen molar-refractivity contribution >= 4 is 16.9 Å². The number of ether oxygens (including phenoxy) is 2. The topological polar surface area (TPSA) is 73.6 Å².